The Bertz CT molecular complexity index is 880. The summed E-state index contributed by atoms with van der Waals surface area (Å²) in [5.41, 5.74) is 0.0887. The van der Waals surface area contributed by atoms with E-state index in [0.717, 1.165) is 50.0 Å². The maximum atomic E-state index is 13.8. The zero-order valence-corrected chi connectivity index (χ0v) is 16.8. The number of likely N-dealkylation sites (tertiary alicyclic amines) is 1. The molecule has 0 spiro atoms. The molecule has 1 saturated heterocycles. The highest BCUT2D eigenvalue weighted by Crippen LogP contribution is 2.37. The van der Waals surface area contributed by atoms with Crippen LogP contribution in [0.4, 0.5) is 29.2 Å². The number of nitrogens with zero attached hydrogens (tertiary/aromatic N) is 4. The van der Waals surface area contributed by atoms with E-state index < -0.39 is 17.9 Å². The third kappa shape index (κ3) is 4.88. The molecule has 9 heteroatoms. The number of halogens is 4. The van der Waals surface area contributed by atoms with E-state index in [-0.39, 0.29) is 17.7 Å². The second kappa shape index (κ2) is 8.45. The molecular formula is C21H25F4N5. The Morgan fingerprint density at radius 1 is 1.00 bits per heavy atom. The van der Waals surface area contributed by atoms with E-state index in [9.17, 15) is 17.6 Å². The van der Waals surface area contributed by atoms with E-state index in [1.54, 1.807) is 6.07 Å². The Morgan fingerprint density at radius 2 is 1.77 bits per heavy atom. The number of pyridine rings is 1. The Balaban J connectivity index is 1.64. The highest BCUT2D eigenvalue weighted by molar-refractivity contribution is 5.53. The predicted octanol–water partition coefficient (Wildman–Crippen LogP) is 5.05. The van der Waals surface area contributed by atoms with Gasteiger partial charge in [0.05, 0.1) is 5.56 Å². The van der Waals surface area contributed by atoms with Crippen molar-refractivity contribution in [2.75, 3.05) is 25.5 Å². The molecule has 162 valence electrons. The second-order valence-electron chi connectivity index (χ2n) is 8.27. The first-order chi connectivity index (χ1) is 14.3. The topological polar surface area (TPSA) is 53.9 Å². The Morgan fingerprint density at radius 3 is 2.43 bits per heavy atom. The van der Waals surface area contributed by atoms with Gasteiger partial charge in [-0.15, -0.1) is 0 Å². The van der Waals surface area contributed by atoms with Gasteiger partial charge in [0.2, 0.25) is 0 Å². The van der Waals surface area contributed by atoms with Gasteiger partial charge in [-0.1, -0.05) is 0 Å². The largest absolute Gasteiger partial charge is 0.416 e. The van der Waals surface area contributed by atoms with Crippen LogP contribution in [0.15, 0.2) is 24.4 Å². The Hall–Kier alpha value is -2.29. The molecule has 5 nitrogen and oxygen atoms in total. The number of aromatic nitrogens is 3. The summed E-state index contributed by atoms with van der Waals surface area (Å²) in [6, 6.07) is 3.69. The van der Waals surface area contributed by atoms with E-state index >= 15 is 0 Å². The summed E-state index contributed by atoms with van der Waals surface area (Å²) in [5, 5.41) is 2.91. The third-order valence-corrected chi connectivity index (χ3v) is 5.98. The van der Waals surface area contributed by atoms with Crippen LogP contribution in [-0.4, -0.2) is 46.2 Å². The summed E-state index contributed by atoms with van der Waals surface area (Å²) < 4.78 is 52.9. The van der Waals surface area contributed by atoms with Crippen LogP contribution < -0.4 is 5.32 Å². The summed E-state index contributed by atoms with van der Waals surface area (Å²) in [7, 11) is 2.08. The van der Waals surface area contributed by atoms with E-state index in [4.69, 9.17) is 4.98 Å². The van der Waals surface area contributed by atoms with Crippen molar-refractivity contribution < 1.29 is 17.6 Å². The summed E-state index contributed by atoms with van der Waals surface area (Å²) in [6.07, 6.45) is -0.727. The maximum Gasteiger partial charge on any atom is 0.416 e. The van der Waals surface area contributed by atoms with E-state index in [1.807, 2.05) is 0 Å². The van der Waals surface area contributed by atoms with Crippen LogP contribution in [-0.2, 0) is 6.18 Å². The maximum absolute atomic E-state index is 13.8. The number of alkyl halides is 4. The molecule has 1 N–H and O–H groups in total. The minimum atomic E-state index is -4.45. The van der Waals surface area contributed by atoms with Gasteiger partial charge in [0.15, 0.2) is 0 Å². The molecule has 2 atom stereocenters. The number of anilines is 2. The third-order valence-electron chi connectivity index (χ3n) is 5.98. The number of piperidine rings is 1. The van der Waals surface area contributed by atoms with Crippen molar-refractivity contribution in [1.82, 2.24) is 19.9 Å². The summed E-state index contributed by atoms with van der Waals surface area (Å²) in [6.45, 7) is 1.91. The highest BCUT2D eigenvalue weighted by atomic mass is 19.4. The summed E-state index contributed by atoms with van der Waals surface area (Å²) in [5.74, 6) is 1.23. The van der Waals surface area contributed by atoms with Crippen LogP contribution in [0, 0.1) is 0 Å². The number of hydrogen-bond acceptors (Lipinski definition) is 5. The van der Waals surface area contributed by atoms with Gasteiger partial charge in [0.25, 0.3) is 0 Å². The van der Waals surface area contributed by atoms with Crippen LogP contribution in [0.2, 0.25) is 0 Å². The predicted molar refractivity (Wildman–Crippen MR) is 106 cm³/mol. The normalized spacial score (nSPS) is 23.6. The van der Waals surface area contributed by atoms with Gasteiger partial charge >= 0.3 is 6.18 Å². The molecule has 2 aliphatic rings. The minimum absolute atomic E-state index is 0.0681. The summed E-state index contributed by atoms with van der Waals surface area (Å²) in [4.78, 5) is 15.5. The fraction of sp³-hybridized carbons (Fsp3) is 0.571. The molecule has 2 fully saturated rings. The van der Waals surface area contributed by atoms with E-state index in [1.165, 1.54) is 0 Å². The first-order valence-electron chi connectivity index (χ1n) is 10.3. The van der Waals surface area contributed by atoms with E-state index in [2.05, 4.69) is 27.2 Å². The van der Waals surface area contributed by atoms with Gasteiger partial charge in [-0.25, -0.2) is 19.3 Å². The lowest BCUT2D eigenvalue weighted by Crippen LogP contribution is -2.29. The lowest BCUT2D eigenvalue weighted by Gasteiger charge is -2.29. The fourth-order valence-corrected chi connectivity index (χ4v) is 4.21. The Labute approximate surface area is 172 Å². The number of nitrogens with one attached hydrogen (secondary N) is 1. The second-order valence-corrected chi connectivity index (χ2v) is 8.27. The van der Waals surface area contributed by atoms with Crippen LogP contribution in [0.5, 0.6) is 0 Å². The van der Waals surface area contributed by atoms with Crippen LogP contribution in [0.1, 0.15) is 61.0 Å². The molecule has 1 unspecified atom stereocenters. The molecular weight excluding hydrogens is 398 g/mol. The van der Waals surface area contributed by atoms with Gasteiger partial charge in [-0.05, 0) is 64.4 Å². The first kappa shape index (κ1) is 21.0. The zero-order valence-electron chi connectivity index (χ0n) is 16.8. The zero-order chi connectivity index (χ0) is 21.3. The SMILES string of the molecule is CN1CCC(c2cc(Nc3cc(C(F)(F)F)ccn3)nc(C3CC[C@@H](F)C3)n2)CC1. The standard InChI is InChI=1S/C21H25F4N5/c1-30-8-5-13(6-9-30)17-12-19(29-20(27-17)14-2-3-16(22)10-14)28-18-11-15(4-7-26-18)21(23,24)25/h4,7,11-14,16H,2-3,5-6,8-10H2,1H3,(H,26,27,28,29)/t14?,16-/m1/s1. The minimum Gasteiger partial charge on any atom is -0.325 e. The number of hydrogen-bond donors (Lipinski definition) is 1. The van der Waals surface area contributed by atoms with Gasteiger partial charge < -0.3 is 10.2 Å². The van der Waals surface area contributed by atoms with Crippen molar-refractivity contribution >= 4 is 11.6 Å². The summed E-state index contributed by atoms with van der Waals surface area (Å²) >= 11 is 0. The lowest BCUT2D eigenvalue weighted by atomic mass is 9.93. The Kier molecular flexibility index (Phi) is 5.90. The van der Waals surface area contributed by atoms with Crippen LogP contribution >= 0.6 is 0 Å². The van der Waals surface area contributed by atoms with Crippen molar-refractivity contribution in [1.29, 1.82) is 0 Å². The monoisotopic (exact) mass is 423 g/mol. The molecule has 3 heterocycles. The van der Waals surface area contributed by atoms with Crippen molar-refractivity contribution in [3.63, 3.8) is 0 Å². The fourth-order valence-electron chi connectivity index (χ4n) is 4.21. The molecule has 0 amide bonds. The van der Waals surface area contributed by atoms with Gasteiger partial charge in [0, 0.05) is 29.8 Å². The van der Waals surface area contributed by atoms with Crippen molar-refractivity contribution in [2.45, 2.75) is 56.3 Å². The highest BCUT2D eigenvalue weighted by Gasteiger charge is 2.31. The molecule has 2 aromatic heterocycles. The average Bonchev–Trinajstić information content (AvgIpc) is 3.14. The molecule has 1 aliphatic carbocycles. The van der Waals surface area contributed by atoms with Crippen LogP contribution in [0.25, 0.3) is 0 Å². The molecule has 1 saturated carbocycles. The molecule has 0 radical (unpaired) electrons. The van der Waals surface area contributed by atoms with Crippen molar-refractivity contribution in [3.05, 3.63) is 41.5 Å². The van der Waals surface area contributed by atoms with Gasteiger partial charge in [-0.3, -0.25) is 0 Å². The van der Waals surface area contributed by atoms with Gasteiger partial charge in [-0.2, -0.15) is 13.2 Å². The number of rotatable bonds is 4. The van der Waals surface area contributed by atoms with Gasteiger partial charge in [0.1, 0.15) is 23.6 Å². The van der Waals surface area contributed by atoms with E-state index in [0.29, 0.717) is 30.9 Å². The average molecular weight is 423 g/mol. The molecule has 30 heavy (non-hydrogen) atoms. The molecule has 0 bridgehead atoms. The molecule has 1 aliphatic heterocycles. The quantitative estimate of drug-likeness (QED) is 0.698. The first-order valence-corrected chi connectivity index (χ1v) is 10.3. The van der Waals surface area contributed by atoms with Crippen molar-refractivity contribution in [3.8, 4) is 0 Å². The molecule has 4 rings (SSSR count). The van der Waals surface area contributed by atoms with Crippen LogP contribution in [0.3, 0.4) is 0 Å². The van der Waals surface area contributed by atoms with Crippen molar-refractivity contribution in [2.24, 2.45) is 0 Å². The molecule has 0 aromatic carbocycles. The smallest absolute Gasteiger partial charge is 0.325 e. The molecule has 2 aromatic rings. The lowest BCUT2D eigenvalue weighted by molar-refractivity contribution is -0.137.